The van der Waals surface area contributed by atoms with E-state index in [-0.39, 0.29) is 11.9 Å². The van der Waals surface area contributed by atoms with Crippen LogP contribution in [0.2, 0.25) is 0 Å². The average molecular weight is 352 g/mol. The normalized spacial score (nSPS) is 17.2. The third kappa shape index (κ3) is 3.06. The monoisotopic (exact) mass is 352 g/mol. The molecule has 0 saturated heterocycles. The molecule has 1 aromatic carbocycles. The fourth-order valence-electron chi connectivity index (χ4n) is 2.77. The van der Waals surface area contributed by atoms with Crippen molar-refractivity contribution in [3.05, 3.63) is 34.3 Å². The number of sulfonamides is 1. The lowest BCUT2D eigenvalue weighted by atomic mass is 10.1. The second-order valence-electron chi connectivity index (χ2n) is 5.54. The number of carbonyl (C=O) groups is 1. The molecule has 0 fully saturated rings. The number of carbonyl (C=O) groups excluding carboxylic acids is 1. The molecular formula is C14H16N4O3S2. The van der Waals surface area contributed by atoms with Gasteiger partial charge in [-0.1, -0.05) is 11.3 Å². The maximum atomic E-state index is 12.3. The van der Waals surface area contributed by atoms with Crippen LogP contribution in [0.1, 0.15) is 27.9 Å². The molecule has 1 unspecified atom stereocenters. The van der Waals surface area contributed by atoms with Gasteiger partial charge in [0.05, 0.1) is 11.9 Å². The van der Waals surface area contributed by atoms with Crippen LogP contribution in [0.25, 0.3) is 0 Å². The van der Waals surface area contributed by atoms with E-state index in [1.807, 2.05) is 13.8 Å². The van der Waals surface area contributed by atoms with Crippen molar-refractivity contribution < 1.29 is 13.2 Å². The van der Waals surface area contributed by atoms with Gasteiger partial charge in [-0.2, -0.15) is 0 Å². The van der Waals surface area contributed by atoms with Crippen LogP contribution >= 0.6 is 11.3 Å². The molecule has 1 aromatic heterocycles. The lowest BCUT2D eigenvalue weighted by Gasteiger charge is -2.21. The highest BCUT2D eigenvalue weighted by Gasteiger charge is 2.32. The molecule has 1 N–H and O–H groups in total. The quantitative estimate of drug-likeness (QED) is 0.909. The Morgan fingerprint density at radius 2 is 2.13 bits per heavy atom. The second-order valence-corrected chi connectivity index (χ2v) is 8.58. The molecule has 1 atom stereocenters. The fraction of sp³-hybridized carbons (Fsp3) is 0.357. The minimum Gasteiger partial charge on any atom is -0.296 e. The summed E-state index contributed by atoms with van der Waals surface area (Å²) in [4.78, 5) is 12.3. The first-order valence-corrected chi connectivity index (χ1v) is 9.66. The molecule has 7 nitrogen and oxygen atoms in total. The third-order valence-electron chi connectivity index (χ3n) is 3.60. The zero-order valence-electron chi connectivity index (χ0n) is 12.9. The highest BCUT2D eigenvalue weighted by atomic mass is 32.2. The zero-order chi connectivity index (χ0) is 16.8. The van der Waals surface area contributed by atoms with Crippen LogP contribution in [0.15, 0.2) is 18.2 Å². The Hall–Kier alpha value is -2.00. The minimum atomic E-state index is -3.33. The number of fused-ring (bicyclic) bond motifs is 1. The Morgan fingerprint density at radius 1 is 1.39 bits per heavy atom. The molecule has 0 saturated carbocycles. The summed E-state index contributed by atoms with van der Waals surface area (Å²) in [7, 11) is -3.33. The molecule has 0 spiro atoms. The summed E-state index contributed by atoms with van der Waals surface area (Å²) in [5.41, 5.74) is 1.96. The third-order valence-corrected chi connectivity index (χ3v) is 5.62. The predicted molar refractivity (Wildman–Crippen MR) is 89.5 cm³/mol. The largest absolute Gasteiger partial charge is 0.296 e. The summed E-state index contributed by atoms with van der Waals surface area (Å²) in [5.74, 6) is -0.283. The minimum absolute atomic E-state index is 0.149. The molecule has 9 heteroatoms. The number of aryl methyl sites for hydroxylation is 1. The van der Waals surface area contributed by atoms with E-state index in [1.165, 1.54) is 21.9 Å². The predicted octanol–water partition coefficient (Wildman–Crippen LogP) is 1.81. The average Bonchev–Trinajstić information content (AvgIpc) is 2.99. The molecule has 122 valence electrons. The zero-order valence-corrected chi connectivity index (χ0v) is 14.5. The topological polar surface area (TPSA) is 92.3 Å². The molecule has 2 heterocycles. The van der Waals surface area contributed by atoms with Crippen LogP contribution in [0.5, 0.6) is 0 Å². The van der Waals surface area contributed by atoms with E-state index in [2.05, 4.69) is 15.5 Å². The smallest absolute Gasteiger partial charge is 0.257 e. The van der Waals surface area contributed by atoms with Gasteiger partial charge in [0.2, 0.25) is 15.2 Å². The first kappa shape index (κ1) is 15.9. The molecule has 1 aliphatic rings. The van der Waals surface area contributed by atoms with Gasteiger partial charge < -0.3 is 0 Å². The number of nitrogens with zero attached hydrogens (tertiary/aromatic N) is 3. The van der Waals surface area contributed by atoms with Crippen LogP contribution in [0.3, 0.4) is 0 Å². The van der Waals surface area contributed by atoms with E-state index in [1.54, 1.807) is 18.2 Å². The summed E-state index contributed by atoms with van der Waals surface area (Å²) in [5, 5.41) is 11.6. The van der Waals surface area contributed by atoms with Gasteiger partial charge in [0.25, 0.3) is 5.91 Å². The van der Waals surface area contributed by atoms with Crippen molar-refractivity contribution in [2.75, 3.05) is 15.9 Å². The molecule has 3 rings (SSSR count). The van der Waals surface area contributed by atoms with E-state index in [9.17, 15) is 13.2 Å². The molecule has 2 aromatic rings. The summed E-state index contributed by atoms with van der Waals surface area (Å²) in [6.07, 6.45) is 1.78. The van der Waals surface area contributed by atoms with Crippen molar-refractivity contribution >= 4 is 38.1 Å². The first-order valence-electron chi connectivity index (χ1n) is 6.99. The molecular weight excluding hydrogens is 336 g/mol. The summed E-state index contributed by atoms with van der Waals surface area (Å²) in [6.45, 7) is 3.66. The summed E-state index contributed by atoms with van der Waals surface area (Å²) in [6, 6.07) is 4.89. The molecule has 0 bridgehead atoms. The van der Waals surface area contributed by atoms with Gasteiger partial charge in [-0.3, -0.25) is 14.4 Å². The van der Waals surface area contributed by atoms with Crippen LogP contribution in [0, 0.1) is 6.92 Å². The van der Waals surface area contributed by atoms with Crippen LogP contribution in [0.4, 0.5) is 10.8 Å². The van der Waals surface area contributed by atoms with Crippen molar-refractivity contribution in [3.63, 3.8) is 0 Å². The number of hydrogen-bond donors (Lipinski definition) is 1. The summed E-state index contributed by atoms with van der Waals surface area (Å²) < 4.78 is 25.2. The van der Waals surface area contributed by atoms with Gasteiger partial charge in [0.1, 0.15) is 5.01 Å². The molecule has 1 aliphatic heterocycles. The maximum Gasteiger partial charge on any atom is 0.257 e. The summed E-state index contributed by atoms with van der Waals surface area (Å²) >= 11 is 1.30. The number of benzene rings is 1. The highest BCUT2D eigenvalue weighted by Crippen LogP contribution is 2.34. The fourth-order valence-corrected chi connectivity index (χ4v) is 4.62. The van der Waals surface area contributed by atoms with Gasteiger partial charge in [-0.25, -0.2) is 8.42 Å². The van der Waals surface area contributed by atoms with E-state index < -0.39 is 10.0 Å². The van der Waals surface area contributed by atoms with Crippen molar-refractivity contribution in [1.29, 1.82) is 0 Å². The Kier molecular flexibility index (Phi) is 3.85. The number of amides is 1. The Morgan fingerprint density at radius 3 is 2.74 bits per heavy atom. The van der Waals surface area contributed by atoms with Crippen molar-refractivity contribution in [2.24, 2.45) is 0 Å². The van der Waals surface area contributed by atoms with Crippen molar-refractivity contribution in [3.8, 4) is 0 Å². The van der Waals surface area contributed by atoms with Crippen molar-refractivity contribution in [1.82, 2.24) is 10.2 Å². The first-order chi connectivity index (χ1) is 10.8. The highest BCUT2D eigenvalue weighted by molar-refractivity contribution is 7.92. The number of nitrogens with one attached hydrogen (secondary N) is 1. The standard InChI is InChI=1S/C14H16N4O3S2/c1-8-6-11-7-10(4-5-12(11)18(8)23(3,20)21)13(19)15-14-17-16-9(2)22-14/h4-5,7-8H,6H2,1-3H3,(H,15,17,19). The SMILES string of the molecule is Cc1nnc(NC(=O)c2ccc3c(c2)CC(C)N3S(C)(=O)=O)s1. The number of anilines is 2. The van der Waals surface area contributed by atoms with Gasteiger partial charge in [0, 0.05) is 11.6 Å². The van der Waals surface area contributed by atoms with Gasteiger partial charge >= 0.3 is 0 Å². The van der Waals surface area contributed by atoms with E-state index in [0.717, 1.165) is 10.6 Å². The van der Waals surface area contributed by atoms with Gasteiger partial charge in [-0.15, -0.1) is 10.2 Å². The lowest BCUT2D eigenvalue weighted by Crippen LogP contribution is -2.34. The van der Waals surface area contributed by atoms with E-state index in [4.69, 9.17) is 0 Å². The number of hydrogen-bond acceptors (Lipinski definition) is 6. The maximum absolute atomic E-state index is 12.3. The van der Waals surface area contributed by atoms with Gasteiger partial charge in [0.15, 0.2) is 0 Å². The lowest BCUT2D eigenvalue weighted by molar-refractivity contribution is 0.102. The van der Waals surface area contributed by atoms with E-state index >= 15 is 0 Å². The van der Waals surface area contributed by atoms with Crippen molar-refractivity contribution in [2.45, 2.75) is 26.3 Å². The molecule has 23 heavy (non-hydrogen) atoms. The van der Waals surface area contributed by atoms with Crippen LogP contribution in [-0.4, -0.2) is 36.8 Å². The Balaban J connectivity index is 1.88. The van der Waals surface area contributed by atoms with Crippen LogP contribution in [-0.2, 0) is 16.4 Å². The molecule has 1 amide bonds. The molecule has 0 radical (unpaired) electrons. The van der Waals surface area contributed by atoms with Crippen LogP contribution < -0.4 is 9.62 Å². The number of rotatable bonds is 3. The van der Waals surface area contributed by atoms with Gasteiger partial charge in [-0.05, 0) is 44.0 Å². The Bertz CT molecular complexity index is 876. The molecule has 0 aliphatic carbocycles. The second kappa shape index (κ2) is 5.57. The number of aromatic nitrogens is 2. The Labute approximate surface area is 138 Å². The van der Waals surface area contributed by atoms with E-state index in [0.29, 0.717) is 22.8 Å².